The van der Waals surface area contributed by atoms with E-state index in [1.807, 2.05) is 41.2 Å². The molecule has 1 fully saturated rings. The molecule has 5 nitrogen and oxygen atoms in total. The number of carbonyl (C=O) groups is 1. The SMILES string of the molecule is O=C(OCc1ccccc1)N1CC(n2cc(Br)cn2)C1. The molecule has 0 saturated carbocycles. The number of likely N-dealkylation sites (tertiary alicyclic amines) is 1. The molecule has 104 valence electrons. The van der Waals surface area contributed by atoms with Crippen molar-refractivity contribution in [1.82, 2.24) is 14.7 Å². The number of hydrogen-bond acceptors (Lipinski definition) is 3. The lowest BCUT2D eigenvalue weighted by Gasteiger charge is -2.38. The van der Waals surface area contributed by atoms with Gasteiger partial charge >= 0.3 is 6.09 Å². The van der Waals surface area contributed by atoms with E-state index >= 15 is 0 Å². The Hall–Kier alpha value is -1.82. The number of aromatic nitrogens is 2. The van der Waals surface area contributed by atoms with Crippen molar-refractivity contribution >= 4 is 22.0 Å². The van der Waals surface area contributed by atoms with Crippen molar-refractivity contribution in [2.24, 2.45) is 0 Å². The van der Waals surface area contributed by atoms with Gasteiger partial charge in [-0.2, -0.15) is 5.10 Å². The zero-order chi connectivity index (χ0) is 13.9. The Balaban J connectivity index is 1.46. The first-order chi connectivity index (χ1) is 9.72. The predicted molar refractivity (Wildman–Crippen MR) is 77.2 cm³/mol. The molecule has 0 radical (unpaired) electrons. The molecular weight excluding hydrogens is 322 g/mol. The second kappa shape index (κ2) is 5.66. The van der Waals surface area contributed by atoms with Gasteiger partial charge < -0.3 is 9.64 Å². The number of carbonyl (C=O) groups excluding carboxylic acids is 1. The van der Waals surface area contributed by atoms with Crippen LogP contribution in [-0.2, 0) is 11.3 Å². The number of nitrogens with zero attached hydrogens (tertiary/aromatic N) is 3. The van der Waals surface area contributed by atoms with Crippen molar-refractivity contribution in [3.8, 4) is 0 Å². The zero-order valence-corrected chi connectivity index (χ0v) is 12.4. The third-order valence-electron chi connectivity index (χ3n) is 3.27. The van der Waals surface area contributed by atoms with Gasteiger partial charge in [0.15, 0.2) is 0 Å². The lowest BCUT2D eigenvalue weighted by molar-refractivity contribution is 0.0496. The molecule has 0 aliphatic carbocycles. The molecule has 1 amide bonds. The van der Waals surface area contributed by atoms with E-state index < -0.39 is 0 Å². The van der Waals surface area contributed by atoms with E-state index in [1.165, 1.54) is 0 Å². The van der Waals surface area contributed by atoms with Gasteiger partial charge in [-0.3, -0.25) is 4.68 Å². The highest BCUT2D eigenvalue weighted by Gasteiger charge is 2.33. The van der Waals surface area contributed by atoms with Gasteiger partial charge in [-0.05, 0) is 21.5 Å². The highest BCUT2D eigenvalue weighted by atomic mass is 79.9. The second-order valence-corrected chi connectivity index (χ2v) is 5.65. The molecule has 2 heterocycles. The molecule has 0 N–H and O–H groups in total. The molecule has 20 heavy (non-hydrogen) atoms. The summed E-state index contributed by atoms with van der Waals surface area (Å²) in [4.78, 5) is 13.5. The van der Waals surface area contributed by atoms with Gasteiger partial charge in [0.05, 0.1) is 16.7 Å². The van der Waals surface area contributed by atoms with Gasteiger partial charge in [0.25, 0.3) is 0 Å². The van der Waals surface area contributed by atoms with E-state index in [-0.39, 0.29) is 12.1 Å². The number of ether oxygens (including phenoxy) is 1. The third-order valence-corrected chi connectivity index (χ3v) is 3.68. The van der Waals surface area contributed by atoms with Crippen LogP contribution in [0, 0.1) is 0 Å². The molecule has 1 aromatic heterocycles. The molecule has 0 atom stereocenters. The minimum absolute atomic E-state index is 0.241. The van der Waals surface area contributed by atoms with Gasteiger partial charge in [-0.25, -0.2) is 4.79 Å². The summed E-state index contributed by atoms with van der Waals surface area (Å²) in [7, 11) is 0. The van der Waals surface area contributed by atoms with E-state index in [4.69, 9.17) is 4.74 Å². The lowest BCUT2D eigenvalue weighted by atomic mass is 10.1. The van der Waals surface area contributed by atoms with Crippen molar-refractivity contribution in [3.05, 3.63) is 52.8 Å². The summed E-state index contributed by atoms with van der Waals surface area (Å²) >= 11 is 3.36. The van der Waals surface area contributed by atoms with E-state index in [2.05, 4.69) is 21.0 Å². The van der Waals surface area contributed by atoms with Crippen LogP contribution in [0.15, 0.2) is 47.2 Å². The fourth-order valence-corrected chi connectivity index (χ4v) is 2.40. The lowest BCUT2D eigenvalue weighted by Crippen LogP contribution is -2.51. The molecule has 3 rings (SSSR count). The maximum absolute atomic E-state index is 11.8. The minimum Gasteiger partial charge on any atom is -0.445 e. The Bertz CT molecular complexity index is 593. The van der Waals surface area contributed by atoms with Crippen LogP contribution in [0.1, 0.15) is 11.6 Å². The minimum atomic E-state index is -0.267. The molecule has 2 aromatic rings. The largest absolute Gasteiger partial charge is 0.445 e. The number of halogens is 1. The molecule has 0 bridgehead atoms. The number of rotatable bonds is 3. The van der Waals surface area contributed by atoms with Crippen LogP contribution in [0.3, 0.4) is 0 Å². The Morgan fingerprint density at radius 2 is 2.10 bits per heavy atom. The third kappa shape index (κ3) is 2.85. The van der Waals surface area contributed by atoms with Gasteiger partial charge in [-0.15, -0.1) is 0 Å². The summed E-state index contributed by atoms with van der Waals surface area (Å²) in [5.74, 6) is 0. The first-order valence-corrected chi connectivity index (χ1v) is 7.17. The quantitative estimate of drug-likeness (QED) is 0.866. The Labute approximate surface area is 125 Å². The van der Waals surface area contributed by atoms with Crippen molar-refractivity contribution in [1.29, 1.82) is 0 Å². The van der Waals surface area contributed by atoms with Crippen LogP contribution in [0.5, 0.6) is 0 Å². The summed E-state index contributed by atoms with van der Waals surface area (Å²) < 4.78 is 8.08. The van der Waals surface area contributed by atoms with E-state index in [9.17, 15) is 4.79 Å². The van der Waals surface area contributed by atoms with Gasteiger partial charge in [0, 0.05) is 19.3 Å². The molecule has 1 saturated heterocycles. The van der Waals surface area contributed by atoms with Crippen LogP contribution in [0.2, 0.25) is 0 Å². The van der Waals surface area contributed by atoms with E-state index in [1.54, 1.807) is 11.1 Å². The van der Waals surface area contributed by atoms with Crippen molar-refractivity contribution in [2.75, 3.05) is 13.1 Å². The van der Waals surface area contributed by atoms with Crippen LogP contribution >= 0.6 is 15.9 Å². The number of hydrogen-bond donors (Lipinski definition) is 0. The standard InChI is InChI=1S/C14H14BrN3O2/c15-12-6-16-18(7-12)13-8-17(9-13)14(19)20-10-11-4-2-1-3-5-11/h1-7,13H,8-10H2. The number of amides is 1. The zero-order valence-electron chi connectivity index (χ0n) is 10.8. The molecular formula is C14H14BrN3O2. The predicted octanol–water partition coefficient (Wildman–Crippen LogP) is 2.84. The van der Waals surface area contributed by atoms with Crippen molar-refractivity contribution in [2.45, 2.75) is 12.6 Å². The summed E-state index contributed by atoms with van der Waals surface area (Å²) in [6.45, 7) is 1.59. The Morgan fingerprint density at radius 1 is 1.35 bits per heavy atom. The first-order valence-electron chi connectivity index (χ1n) is 6.37. The Morgan fingerprint density at radius 3 is 2.75 bits per heavy atom. The fourth-order valence-electron chi connectivity index (χ4n) is 2.10. The van der Waals surface area contributed by atoms with E-state index in [0.717, 1.165) is 10.0 Å². The van der Waals surface area contributed by atoms with Crippen molar-refractivity contribution < 1.29 is 9.53 Å². The highest BCUT2D eigenvalue weighted by Crippen LogP contribution is 2.23. The molecule has 1 aliphatic heterocycles. The van der Waals surface area contributed by atoms with Crippen molar-refractivity contribution in [3.63, 3.8) is 0 Å². The van der Waals surface area contributed by atoms with Crippen LogP contribution in [0.25, 0.3) is 0 Å². The van der Waals surface area contributed by atoms with Crippen LogP contribution in [-0.4, -0.2) is 33.9 Å². The summed E-state index contributed by atoms with van der Waals surface area (Å²) in [6, 6.07) is 9.91. The van der Waals surface area contributed by atoms with Crippen LogP contribution < -0.4 is 0 Å². The maximum Gasteiger partial charge on any atom is 0.410 e. The van der Waals surface area contributed by atoms with Crippen LogP contribution in [0.4, 0.5) is 4.79 Å². The van der Waals surface area contributed by atoms with E-state index in [0.29, 0.717) is 19.7 Å². The summed E-state index contributed by atoms with van der Waals surface area (Å²) in [6.07, 6.45) is 3.39. The topological polar surface area (TPSA) is 47.4 Å². The maximum atomic E-state index is 11.8. The molecule has 0 unspecified atom stereocenters. The fraction of sp³-hybridized carbons (Fsp3) is 0.286. The normalized spacial score (nSPS) is 14.9. The van der Waals surface area contributed by atoms with Gasteiger partial charge in [-0.1, -0.05) is 30.3 Å². The average Bonchev–Trinajstić information content (AvgIpc) is 2.82. The molecule has 6 heteroatoms. The monoisotopic (exact) mass is 335 g/mol. The Kier molecular flexibility index (Phi) is 3.73. The molecule has 1 aliphatic rings. The highest BCUT2D eigenvalue weighted by molar-refractivity contribution is 9.10. The summed E-state index contributed by atoms with van der Waals surface area (Å²) in [5, 5.41) is 4.22. The summed E-state index contributed by atoms with van der Waals surface area (Å²) in [5.41, 5.74) is 0.994. The van der Waals surface area contributed by atoms with Gasteiger partial charge in [0.1, 0.15) is 6.61 Å². The van der Waals surface area contributed by atoms with Gasteiger partial charge in [0.2, 0.25) is 0 Å². The molecule has 1 aromatic carbocycles. The first kappa shape index (κ1) is 13.2. The average molecular weight is 336 g/mol. The smallest absolute Gasteiger partial charge is 0.410 e. The number of benzene rings is 1. The second-order valence-electron chi connectivity index (χ2n) is 4.74. The molecule has 0 spiro atoms.